The zero-order chi connectivity index (χ0) is 10.3. The van der Waals surface area contributed by atoms with Gasteiger partial charge in [0.05, 0.1) is 5.56 Å². The van der Waals surface area contributed by atoms with Crippen LogP contribution in [-0.2, 0) is 0 Å². The number of nitrogens with one attached hydrogen (secondary N) is 3. The highest BCUT2D eigenvalue weighted by molar-refractivity contribution is 5.54. The minimum absolute atomic E-state index is 0.0242. The molecule has 1 unspecified atom stereocenters. The van der Waals surface area contributed by atoms with E-state index in [4.69, 9.17) is 0 Å². The maximum atomic E-state index is 11.6. The SMILES string of the molecule is O=c1[nH][nH]c2c1C(c1ccccc1)CN2. The predicted molar refractivity (Wildman–Crippen MR) is 58.2 cm³/mol. The molecule has 0 aliphatic carbocycles. The molecule has 0 spiro atoms. The molecule has 1 aliphatic heterocycles. The van der Waals surface area contributed by atoms with E-state index in [1.54, 1.807) is 0 Å². The van der Waals surface area contributed by atoms with E-state index in [0.29, 0.717) is 0 Å². The molecule has 0 fully saturated rings. The molecule has 0 radical (unpaired) electrons. The lowest BCUT2D eigenvalue weighted by atomic mass is 9.95. The van der Waals surface area contributed by atoms with Crippen LogP contribution in [0.1, 0.15) is 17.0 Å². The molecule has 2 aromatic rings. The lowest BCUT2D eigenvalue weighted by Gasteiger charge is -2.07. The summed E-state index contributed by atoms with van der Waals surface area (Å²) >= 11 is 0. The van der Waals surface area contributed by atoms with E-state index < -0.39 is 0 Å². The molecule has 0 saturated carbocycles. The van der Waals surface area contributed by atoms with E-state index in [2.05, 4.69) is 15.5 Å². The highest BCUT2D eigenvalue weighted by Crippen LogP contribution is 2.31. The van der Waals surface area contributed by atoms with Crippen molar-refractivity contribution in [1.82, 2.24) is 10.2 Å². The van der Waals surface area contributed by atoms with E-state index in [1.165, 1.54) is 5.56 Å². The number of H-pyrrole nitrogens is 2. The summed E-state index contributed by atoms with van der Waals surface area (Å²) < 4.78 is 0. The molecule has 4 nitrogen and oxygen atoms in total. The molecular formula is C11H11N3O. The number of anilines is 1. The first kappa shape index (κ1) is 8.35. The van der Waals surface area contributed by atoms with Gasteiger partial charge in [0.25, 0.3) is 5.56 Å². The summed E-state index contributed by atoms with van der Waals surface area (Å²) in [4.78, 5) is 11.6. The van der Waals surface area contributed by atoms with Gasteiger partial charge in [-0.3, -0.25) is 15.0 Å². The third-order valence-electron chi connectivity index (χ3n) is 2.85. The Morgan fingerprint density at radius 3 is 2.73 bits per heavy atom. The van der Waals surface area contributed by atoms with Crippen LogP contribution in [0, 0.1) is 0 Å². The number of aromatic nitrogens is 2. The normalized spacial score (nSPS) is 18.5. The van der Waals surface area contributed by atoms with Crippen LogP contribution in [0.25, 0.3) is 0 Å². The fraction of sp³-hybridized carbons (Fsp3) is 0.182. The minimum atomic E-state index is -0.0242. The quantitative estimate of drug-likeness (QED) is 0.650. The lowest BCUT2D eigenvalue weighted by Crippen LogP contribution is -2.13. The van der Waals surface area contributed by atoms with Gasteiger partial charge >= 0.3 is 0 Å². The van der Waals surface area contributed by atoms with Crippen molar-refractivity contribution in [2.75, 3.05) is 11.9 Å². The zero-order valence-electron chi connectivity index (χ0n) is 8.08. The third kappa shape index (κ3) is 1.18. The second-order valence-electron chi connectivity index (χ2n) is 3.71. The molecule has 3 N–H and O–H groups in total. The van der Waals surface area contributed by atoms with Crippen LogP contribution in [0.2, 0.25) is 0 Å². The van der Waals surface area contributed by atoms with E-state index in [0.717, 1.165) is 17.9 Å². The van der Waals surface area contributed by atoms with Gasteiger partial charge in [-0.15, -0.1) is 0 Å². The Labute approximate surface area is 86.3 Å². The maximum absolute atomic E-state index is 11.6. The standard InChI is InChI=1S/C11H11N3O/c15-11-9-8(6-12-10(9)13-14-11)7-4-2-1-3-5-7/h1-5,8H,6H2,(H3,12,13,14,15). The maximum Gasteiger partial charge on any atom is 0.269 e. The monoisotopic (exact) mass is 201 g/mol. The van der Waals surface area contributed by atoms with Gasteiger partial charge in [0.2, 0.25) is 0 Å². The molecule has 0 saturated heterocycles. The van der Waals surface area contributed by atoms with Crippen LogP contribution in [0.5, 0.6) is 0 Å². The molecule has 1 atom stereocenters. The van der Waals surface area contributed by atoms with E-state index in [1.807, 2.05) is 30.3 Å². The van der Waals surface area contributed by atoms with Gasteiger partial charge in [0.1, 0.15) is 5.82 Å². The minimum Gasteiger partial charge on any atom is -0.369 e. The van der Waals surface area contributed by atoms with Gasteiger partial charge in [-0.05, 0) is 5.56 Å². The Hall–Kier alpha value is -1.97. The van der Waals surface area contributed by atoms with Gasteiger partial charge in [0.15, 0.2) is 0 Å². The summed E-state index contributed by atoms with van der Waals surface area (Å²) in [6, 6.07) is 10.1. The fourth-order valence-corrected chi connectivity index (χ4v) is 2.12. The van der Waals surface area contributed by atoms with Crippen molar-refractivity contribution in [3.05, 3.63) is 51.8 Å². The molecule has 0 bridgehead atoms. The largest absolute Gasteiger partial charge is 0.369 e. The Balaban J connectivity index is 2.11. The number of fused-ring (bicyclic) bond motifs is 1. The molecule has 4 heteroatoms. The van der Waals surface area contributed by atoms with E-state index >= 15 is 0 Å². The molecule has 1 aromatic carbocycles. The van der Waals surface area contributed by atoms with Gasteiger partial charge in [-0.1, -0.05) is 30.3 Å². The highest BCUT2D eigenvalue weighted by Gasteiger charge is 2.27. The highest BCUT2D eigenvalue weighted by atomic mass is 16.1. The number of hydrogen-bond donors (Lipinski definition) is 3. The molecule has 76 valence electrons. The van der Waals surface area contributed by atoms with Crippen molar-refractivity contribution in [3.8, 4) is 0 Å². The Morgan fingerprint density at radius 1 is 1.13 bits per heavy atom. The second kappa shape index (κ2) is 3.02. The fourth-order valence-electron chi connectivity index (χ4n) is 2.12. The lowest BCUT2D eigenvalue weighted by molar-refractivity contribution is 0.881. The zero-order valence-corrected chi connectivity index (χ0v) is 8.08. The van der Waals surface area contributed by atoms with Crippen LogP contribution < -0.4 is 10.9 Å². The molecule has 3 rings (SSSR count). The summed E-state index contributed by atoms with van der Waals surface area (Å²) in [6.07, 6.45) is 0. The third-order valence-corrected chi connectivity index (χ3v) is 2.85. The molecule has 0 amide bonds. The smallest absolute Gasteiger partial charge is 0.269 e. The number of aromatic amines is 2. The van der Waals surface area contributed by atoms with Crippen LogP contribution in [0.15, 0.2) is 35.1 Å². The summed E-state index contributed by atoms with van der Waals surface area (Å²) in [6.45, 7) is 0.787. The van der Waals surface area contributed by atoms with Crippen molar-refractivity contribution in [1.29, 1.82) is 0 Å². The molecular weight excluding hydrogens is 190 g/mol. The molecule has 1 aromatic heterocycles. The Bertz CT molecular complexity index is 526. The summed E-state index contributed by atoms with van der Waals surface area (Å²) in [5.41, 5.74) is 1.97. The van der Waals surface area contributed by atoms with Crippen LogP contribution in [0.3, 0.4) is 0 Å². The topological polar surface area (TPSA) is 60.7 Å². The first-order valence-electron chi connectivity index (χ1n) is 4.95. The van der Waals surface area contributed by atoms with E-state index in [-0.39, 0.29) is 11.5 Å². The van der Waals surface area contributed by atoms with Crippen molar-refractivity contribution in [3.63, 3.8) is 0 Å². The summed E-state index contributed by atoms with van der Waals surface area (Å²) in [5, 5.41) is 8.62. The van der Waals surface area contributed by atoms with Crippen molar-refractivity contribution in [2.24, 2.45) is 0 Å². The first-order chi connectivity index (χ1) is 7.36. The molecule has 2 heterocycles. The van der Waals surface area contributed by atoms with Crippen LogP contribution in [0.4, 0.5) is 5.82 Å². The number of benzene rings is 1. The van der Waals surface area contributed by atoms with Crippen molar-refractivity contribution < 1.29 is 0 Å². The molecule has 1 aliphatic rings. The second-order valence-corrected chi connectivity index (χ2v) is 3.71. The molecule has 15 heavy (non-hydrogen) atoms. The van der Waals surface area contributed by atoms with Crippen molar-refractivity contribution in [2.45, 2.75) is 5.92 Å². The average molecular weight is 201 g/mol. The number of rotatable bonds is 1. The van der Waals surface area contributed by atoms with Gasteiger partial charge in [-0.2, -0.15) is 0 Å². The predicted octanol–water partition coefficient (Wildman–Crippen LogP) is 1.26. The average Bonchev–Trinajstić information content (AvgIpc) is 2.84. The summed E-state index contributed by atoms with van der Waals surface area (Å²) in [7, 11) is 0. The summed E-state index contributed by atoms with van der Waals surface area (Å²) in [5.74, 6) is 0.991. The van der Waals surface area contributed by atoms with Crippen LogP contribution >= 0.6 is 0 Å². The van der Waals surface area contributed by atoms with Gasteiger partial charge in [-0.25, -0.2) is 0 Å². The Morgan fingerprint density at radius 2 is 1.93 bits per heavy atom. The Kier molecular flexibility index (Phi) is 1.68. The van der Waals surface area contributed by atoms with Gasteiger partial charge < -0.3 is 5.32 Å². The van der Waals surface area contributed by atoms with Crippen LogP contribution in [-0.4, -0.2) is 16.7 Å². The van der Waals surface area contributed by atoms with E-state index in [9.17, 15) is 4.79 Å². The van der Waals surface area contributed by atoms with Gasteiger partial charge in [0, 0.05) is 12.5 Å². The first-order valence-corrected chi connectivity index (χ1v) is 4.95. The van der Waals surface area contributed by atoms with Crippen molar-refractivity contribution >= 4 is 5.82 Å². The number of hydrogen-bond acceptors (Lipinski definition) is 2.